The van der Waals surface area contributed by atoms with Crippen molar-refractivity contribution in [2.24, 2.45) is 0 Å². The van der Waals surface area contributed by atoms with Gasteiger partial charge >= 0.3 is 0 Å². The minimum atomic E-state index is -0.325. The maximum atomic E-state index is 6.28. The van der Waals surface area contributed by atoms with Gasteiger partial charge < -0.3 is 14.2 Å². The van der Waals surface area contributed by atoms with Gasteiger partial charge in [-0.1, -0.05) is 18.2 Å². The molecule has 1 heterocycles. The number of rotatable bonds is 3. The molecule has 0 N–H and O–H groups in total. The molecule has 110 valence electrons. The molecule has 2 aromatic carbocycles. The molecule has 2 aromatic rings. The van der Waals surface area contributed by atoms with E-state index >= 15 is 0 Å². The van der Waals surface area contributed by atoms with E-state index in [4.69, 9.17) is 14.2 Å². The van der Waals surface area contributed by atoms with E-state index < -0.39 is 0 Å². The molecule has 3 heteroatoms. The smallest absolute Gasteiger partial charge is 0.119 e. The first-order valence-electron chi connectivity index (χ1n) is 7.05. The fraction of sp³-hybridized carbons (Fsp3) is 0.333. The minimum absolute atomic E-state index is 0.0492. The molecular formula is C18H20O3. The van der Waals surface area contributed by atoms with Crippen molar-refractivity contribution in [3.8, 4) is 11.5 Å². The molecule has 0 unspecified atom stereocenters. The topological polar surface area (TPSA) is 27.7 Å². The third-order valence-electron chi connectivity index (χ3n) is 4.02. The van der Waals surface area contributed by atoms with Crippen LogP contribution < -0.4 is 9.47 Å². The molecule has 0 aliphatic carbocycles. The van der Waals surface area contributed by atoms with E-state index in [9.17, 15) is 0 Å². The molecule has 1 atom stereocenters. The second-order valence-electron chi connectivity index (χ2n) is 5.73. The van der Waals surface area contributed by atoms with E-state index in [2.05, 4.69) is 38.1 Å². The first-order valence-corrected chi connectivity index (χ1v) is 7.05. The van der Waals surface area contributed by atoms with E-state index in [0.717, 1.165) is 17.1 Å². The lowest BCUT2D eigenvalue weighted by Gasteiger charge is -2.21. The molecule has 0 saturated heterocycles. The Kier molecular flexibility index (Phi) is 3.38. The predicted octanol–water partition coefficient (Wildman–Crippen LogP) is 4.06. The number of fused-ring (bicyclic) bond motifs is 1. The number of benzene rings is 2. The van der Waals surface area contributed by atoms with Crippen LogP contribution in [0.5, 0.6) is 11.5 Å². The first kappa shape index (κ1) is 14.0. The Bertz CT molecular complexity index is 644. The van der Waals surface area contributed by atoms with Crippen molar-refractivity contribution in [1.82, 2.24) is 0 Å². The molecule has 0 bridgehead atoms. The first-order chi connectivity index (χ1) is 10.0. The van der Waals surface area contributed by atoms with Crippen molar-refractivity contribution in [2.45, 2.75) is 25.6 Å². The lowest BCUT2D eigenvalue weighted by molar-refractivity contribution is -0.0341. The highest BCUT2D eigenvalue weighted by molar-refractivity contribution is 5.47. The van der Waals surface area contributed by atoms with Gasteiger partial charge in [-0.05, 0) is 54.8 Å². The maximum absolute atomic E-state index is 6.28. The lowest BCUT2D eigenvalue weighted by Crippen LogP contribution is -2.16. The second kappa shape index (κ2) is 5.08. The van der Waals surface area contributed by atoms with E-state index in [1.54, 1.807) is 14.2 Å². The highest BCUT2D eigenvalue weighted by Gasteiger charge is 2.38. The normalized spacial score (nSPS) is 19.1. The van der Waals surface area contributed by atoms with Crippen molar-refractivity contribution in [1.29, 1.82) is 0 Å². The maximum Gasteiger partial charge on any atom is 0.119 e. The van der Waals surface area contributed by atoms with Gasteiger partial charge in [0.05, 0.1) is 19.8 Å². The van der Waals surface area contributed by atoms with E-state index in [-0.39, 0.29) is 11.7 Å². The van der Waals surface area contributed by atoms with Crippen molar-refractivity contribution < 1.29 is 14.2 Å². The zero-order valence-corrected chi connectivity index (χ0v) is 12.8. The van der Waals surface area contributed by atoms with E-state index in [1.165, 1.54) is 11.1 Å². The van der Waals surface area contributed by atoms with Crippen molar-refractivity contribution in [3.05, 3.63) is 59.2 Å². The monoisotopic (exact) mass is 284 g/mol. The van der Waals surface area contributed by atoms with Gasteiger partial charge in [-0.3, -0.25) is 0 Å². The van der Waals surface area contributed by atoms with E-state index in [0.29, 0.717) is 0 Å². The van der Waals surface area contributed by atoms with Crippen LogP contribution in [-0.2, 0) is 10.3 Å². The third-order valence-corrected chi connectivity index (χ3v) is 4.02. The third kappa shape index (κ3) is 2.38. The molecule has 0 saturated carbocycles. The number of methoxy groups -OCH3 is 2. The van der Waals surface area contributed by atoms with Gasteiger partial charge in [0.1, 0.15) is 17.6 Å². The Morgan fingerprint density at radius 3 is 2.14 bits per heavy atom. The van der Waals surface area contributed by atoms with Crippen LogP contribution in [-0.4, -0.2) is 14.2 Å². The summed E-state index contributed by atoms with van der Waals surface area (Å²) in [5, 5.41) is 0. The number of hydrogen-bond donors (Lipinski definition) is 0. The van der Waals surface area contributed by atoms with Crippen molar-refractivity contribution >= 4 is 0 Å². The van der Waals surface area contributed by atoms with Crippen LogP contribution in [0.2, 0.25) is 0 Å². The van der Waals surface area contributed by atoms with Crippen molar-refractivity contribution in [3.63, 3.8) is 0 Å². The van der Waals surface area contributed by atoms with Gasteiger partial charge in [-0.25, -0.2) is 0 Å². The zero-order chi connectivity index (χ0) is 15.0. The summed E-state index contributed by atoms with van der Waals surface area (Å²) in [4.78, 5) is 0. The Balaban J connectivity index is 2.03. The predicted molar refractivity (Wildman–Crippen MR) is 81.9 cm³/mol. The summed E-state index contributed by atoms with van der Waals surface area (Å²) in [6.07, 6.45) is -0.0492. The highest BCUT2D eigenvalue weighted by atomic mass is 16.5. The van der Waals surface area contributed by atoms with Crippen LogP contribution in [0.3, 0.4) is 0 Å². The fourth-order valence-corrected chi connectivity index (χ4v) is 2.86. The van der Waals surface area contributed by atoms with Crippen LogP contribution in [0.15, 0.2) is 42.5 Å². The van der Waals surface area contributed by atoms with Gasteiger partial charge in [-0.15, -0.1) is 0 Å². The molecule has 0 amide bonds. The van der Waals surface area contributed by atoms with Crippen LogP contribution in [0.4, 0.5) is 0 Å². The van der Waals surface area contributed by atoms with Gasteiger partial charge in [0.2, 0.25) is 0 Å². The average Bonchev–Trinajstić information content (AvgIpc) is 2.78. The Morgan fingerprint density at radius 1 is 0.905 bits per heavy atom. The summed E-state index contributed by atoms with van der Waals surface area (Å²) in [6.45, 7) is 4.18. The summed E-state index contributed by atoms with van der Waals surface area (Å²) >= 11 is 0. The van der Waals surface area contributed by atoms with Crippen molar-refractivity contribution in [2.75, 3.05) is 14.2 Å². The van der Waals surface area contributed by atoms with Crippen LogP contribution in [0.25, 0.3) is 0 Å². The molecule has 0 aromatic heterocycles. The summed E-state index contributed by atoms with van der Waals surface area (Å²) in [6, 6.07) is 14.2. The number of ether oxygens (including phenoxy) is 3. The highest BCUT2D eigenvalue weighted by Crippen LogP contribution is 2.47. The molecule has 0 radical (unpaired) electrons. The van der Waals surface area contributed by atoms with E-state index in [1.807, 2.05) is 18.2 Å². The van der Waals surface area contributed by atoms with Gasteiger partial charge in [-0.2, -0.15) is 0 Å². The van der Waals surface area contributed by atoms with Crippen LogP contribution >= 0.6 is 0 Å². The van der Waals surface area contributed by atoms with Gasteiger partial charge in [0.15, 0.2) is 0 Å². The Morgan fingerprint density at radius 2 is 1.52 bits per heavy atom. The molecular weight excluding hydrogens is 264 g/mol. The summed E-state index contributed by atoms with van der Waals surface area (Å²) < 4.78 is 16.8. The quantitative estimate of drug-likeness (QED) is 0.850. The molecule has 21 heavy (non-hydrogen) atoms. The molecule has 0 spiro atoms. The molecule has 3 rings (SSSR count). The molecule has 3 nitrogen and oxygen atoms in total. The molecule has 1 aliphatic rings. The molecule has 1 aliphatic heterocycles. The SMILES string of the molecule is COc1ccc([C@@H]2OC(C)(C)c3cc(OC)ccc32)cc1. The minimum Gasteiger partial charge on any atom is -0.497 e. The Labute approximate surface area is 125 Å². The zero-order valence-electron chi connectivity index (χ0n) is 12.8. The summed E-state index contributed by atoms with van der Waals surface area (Å²) in [5.74, 6) is 1.71. The summed E-state index contributed by atoms with van der Waals surface area (Å²) in [7, 11) is 3.36. The second-order valence-corrected chi connectivity index (χ2v) is 5.73. The number of hydrogen-bond acceptors (Lipinski definition) is 3. The van der Waals surface area contributed by atoms with Crippen LogP contribution in [0.1, 0.15) is 36.6 Å². The largest absolute Gasteiger partial charge is 0.497 e. The lowest BCUT2D eigenvalue weighted by atomic mass is 9.92. The van der Waals surface area contributed by atoms with Gasteiger partial charge in [0, 0.05) is 0 Å². The Hall–Kier alpha value is -2.00. The average molecular weight is 284 g/mol. The summed E-state index contributed by atoms with van der Waals surface area (Å²) in [5.41, 5.74) is 3.19. The standard InChI is InChI=1S/C18H20O3/c1-18(2)16-11-14(20-4)9-10-15(16)17(21-18)12-5-7-13(19-3)8-6-12/h5-11,17H,1-4H3/t17-/m0/s1. The van der Waals surface area contributed by atoms with Gasteiger partial charge in [0.25, 0.3) is 0 Å². The fourth-order valence-electron chi connectivity index (χ4n) is 2.86. The van der Waals surface area contributed by atoms with Crippen LogP contribution in [0, 0.1) is 0 Å². The molecule has 0 fully saturated rings.